The Hall–Kier alpha value is -1.04. The Morgan fingerprint density at radius 3 is 2.45 bits per heavy atom. The van der Waals surface area contributed by atoms with Crippen molar-refractivity contribution < 1.29 is 9.53 Å². The van der Waals surface area contributed by atoms with Gasteiger partial charge in [-0.1, -0.05) is 13.8 Å². The second-order valence-electron chi connectivity index (χ2n) is 6.32. The van der Waals surface area contributed by atoms with Crippen LogP contribution >= 0.6 is 15.9 Å². The van der Waals surface area contributed by atoms with Crippen molar-refractivity contribution in [1.29, 1.82) is 0 Å². The van der Waals surface area contributed by atoms with Crippen molar-refractivity contribution in [3.8, 4) is 0 Å². The van der Waals surface area contributed by atoms with Crippen LogP contribution in [0, 0.1) is 5.92 Å². The zero-order valence-electron chi connectivity index (χ0n) is 13.0. The van der Waals surface area contributed by atoms with Crippen molar-refractivity contribution in [3.05, 3.63) is 16.6 Å². The molecule has 0 spiro atoms. The number of hydrogen-bond donors (Lipinski definition) is 1. The second-order valence-corrected chi connectivity index (χ2v) is 7.17. The molecule has 1 heterocycles. The largest absolute Gasteiger partial charge is 0.444 e. The van der Waals surface area contributed by atoms with Crippen LogP contribution in [0.2, 0.25) is 0 Å². The maximum absolute atomic E-state index is 12.4. The molecule has 0 aliphatic carbocycles. The first-order chi connectivity index (χ1) is 9.10. The third-order valence-electron chi connectivity index (χ3n) is 2.62. The maximum atomic E-state index is 12.4. The summed E-state index contributed by atoms with van der Waals surface area (Å²) in [5.41, 5.74) is -0.504. The van der Waals surface area contributed by atoms with E-state index in [0.717, 1.165) is 10.4 Å². The molecule has 1 rings (SSSR count). The van der Waals surface area contributed by atoms with Gasteiger partial charge in [0.1, 0.15) is 16.0 Å². The molecular weight excluding hydrogens is 322 g/mol. The van der Waals surface area contributed by atoms with Gasteiger partial charge in [0.05, 0.1) is 12.2 Å². The molecule has 114 valence electrons. The van der Waals surface area contributed by atoms with Crippen LogP contribution in [0.5, 0.6) is 0 Å². The number of H-pyrrole nitrogens is 1. The predicted molar refractivity (Wildman–Crippen MR) is 82.5 cm³/mol. The lowest BCUT2D eigenvalue weighted by atomic mass is 10.1. The van der Waals surface area contributed by atoms with E-state index < -0.39 is 5.60 Å². The van der Waals surface area contributed by atoms with Crippen LogP contribution in [0.1, 0.15) is 53.4 Å². The number of hydrogen-bond acceptors (Lipinski definition) is 3. The number of halogens is 1. The molecule has 1 amide bonds. The van der Waals surface area contributed by atoms with E-state index in [-0.39, 0.29) is 12.1 Å². The summed E-state index contributed by atoms with van der Waals surface area (Å²) >= 11 is 3.33. The Balaban J connectivity index is 2.91. The molecule has 1 atom stereocenters. The van der Waals surface area contributed by atoms with Gasteiger partial charge in [-0.25, -0.2) is 9.78 Å². The van der Waals surface area contributed by atoms with Crippen molar-refractivity contribution in [1.82, 2.24) is 14.9 Å². The minimum Gasteiger partial charge on any atom is -0.444 e. The SMILES string of the molecule is CC(C)CN(C(=O)OC(C)(C)C)[C@@H](C)c1ncc(Br)[nH]1. The number of nitrogens with one attached hydrogen (secondary N) is 1. The highest BCUT2D eigenvalue weighted by molar-refractivity contribution is 9.10. The highest BCUT2D eigenvalue weighted by Gasteiger charge is 2.28. The number of aromatic amines is 1. The molecule has 0 aliphatic rings. The van der Waals surface area contributed by atoms with E-state index in [1.807, 2.05) is 27.7 Å². The number of amides is 1. The molecule has 0 aliphatic heterocycles. The van der Waals surface area contributed by atoms with Gasteiger partial charge in [-0.3, -0.25) is 4.90 Å². The molecule has 0 unspecified atom stereocenters. The van der Waals surface area contributed by atoms with Crippen LogP contribution in [0.25, 0.3) is 0 Å². The van der Waals surface area contributed by atoms with E-state index in [1.54, 1.807) is 11.1 Å². The predicted octanol–water partition coefficient (Wildman–Crippen LogP) is 4.13. The summed E-state index contributed by atoms with van der Waals surface area (Å²) in [5, 5.41) is 0. The Morgan fingerprint density at radius 2 is 2.05 bits per heavy atom. The lowest BCUT2D eigenvalue weighted by Crippen LogP contribution is -2.40. The van der Waals surface area contributed by atoms with Crippen LogP contribution in [-0.4, -0.2) is 33.1 Å². The van der Waals surface area contributed by atoms with Crippen LogP contribution in [0.15, 0.2) is 10.8 Å². The third-order valence-corrected chi connectivity index (χ3v) is 3.02. The van der Waals surface area contributed by atoms with Crippen molar-refractivity contribution >= 4 is 22.0 Å². The average molecular weight is 346 g/mol. The number of imidazole rings is 1. The van der Waals surface area contributed by atoms with E-state index >= 15 is 0 Å². The minimum absolute atomic E-state index is 0.168. The second kappa shape index (κ2) is 6.61. The maximum Gasteiger partial charge on any atom is 0.410 e. The summed E-state index contributed by atoms with van der Waals surface area (Å²) in [4.78, 5) is 21.4. The van der Waals surface area contributed by atoms with E-state index in [2.05, 4.69) is 39.7 Å². The number of carbonyl (C=O) groups is 1. The van der Waals surface area contributed by atoms with Gasteiger partial charge in [0, 0.05) is 6.54 Å². The molecular formula is C14H24BrN3O2. The van der Waals surface area contributed by atoms with Crippen molar-refractivity contribution in [2.45, 2.75) is 53.2 Å². The molecule has 0 aromatic carbocycles. The quantitative estimate of drug-likeness (QED) is 0.892. The molecule has 20 heavy (non-hydrogen) atoms. The highest BCUT2D eigenvalue weighted by atomic mass is 79.9. The first kappa shape index (κ1) is 17.0. The van der Waals surface area contributed by atoms with Crippen molar-refractivity contribution in [2.24, 2.45) is 5.92 Å². The van der Waals surface area contributed by atoms with E-state index in [9.17, 15) is 4.79 Å². The molecule has 0 radical (unpaired) electrons. The van der Waals surface area contributed by atoms with Gasteiger partial charge in [0.2, 0.25) is 0 Å². The molecule has 0 bridgehead atoms. The summed E-state index contributed by atoms with van der Waals surface area (Å²) in [6.07, 6.45) is 1.38. The summed E-state index contributed by atoms with van der Waals surface area (Å²) in [5.74, 6) is 1.09. The fraction of sp³-hybridized carbons (Fsp3) is 0.714. The molecule has 1 aromatic rings. The average Bonchev–Trinajstić information content (AvgIpc) is 2.69. The fourth-order valence-electron chi connectivity index (χ4n) is 1.78. The first-order valence-electron chi connectivity index (χ1n) is 6.80. The number of carbonyl (C=O) groups excluding carboxylic acids is 1. The Labute approximate surface area is 129 Å². The van der Waals surface area contributed by atoms with Crippen LogP contribution in [-0.2, 0) is 4.74 Å². The van der Waals surface area contributed by atoms with Crippen molar-refractivity contribution in [3.63, 3.8) is 0 Å². The Morgan fingerprint density at radius 1 is 1.45 bits per heavy atom. The molecule has 0 fully saturated rings. The molecule has 1 N–H and O–H groups in total. The van der Waals surface area contributed by atoms with Gasteiger partial charge >= 0.3 is 6.09 Å². The van der Waals surface area contributed by atoms with Gasteiger partial charge in [-0.2, -0.15) is 0 Å². The zero-order valence-corrected chi connectivity index (χ0v) is 14.6. The van der Waals surface area contributed by atoms with E-state index in [0.29, 0.717) is 12.5 Å². The summed E-state index contributed by atoms with van der Waals surface area (Å²) < 4.78 is 6.28. The van der Waals surface area contributed by atoms with Gasteiger partial charge in [0.25, 0.3) is 0 Å². The molecule has 1 aromatic heterocycles. The lowest BCUT2D eigenvalue weighted by Gasteiger charge is -2.32. The van der Waals surface area contributed by atoms with Crippen LogP contribution in [0.4, 0.5) is 4.79 Å². The lowest BCUT2D eigenvalue weighted by molar-refractivity contribution is 0.0140. The van der Waals surface area contributed by atoms with Crippen LogP contribution in [0.3, 0.4) is 0 Å². The van der Waals surface area contributed by atoms with Gasteiger partial charge in [-0.15, -0.1) is 0 Å². The summed E-state index contributed by atoms with van der Waals surface area (Å²) in [6, 6.07) is -0.168. The smallest absolute Gasteiger partial charge is 0.410 e. The number of nitrogens with zero attached hydrogens (tertiary/aromatic N) is 2. The van der Waals surface area contributed by atoms with Gasteiger partial charge in [0.15, 0.2) is 0 Å². The van der Waals surface area contributed by atoms with E-state index in [4.69, 9.17) is 4.74 Å². The normalized spacial score (nSPS) is 13.4. The van der Waals surface area contributed by atoms with Crippen molar-refractivity contribution in [2.75, 3.05) is 6.54 Å². The van der Waals surface area contributed by atoms with E-state index in [1.165, 1.54) is 0 Å². The fourth-order valence-corrected chi connectivity index (χ4v) is 2.08. The monoisotopic (exact) mass is 345 g/mol. The molecule has 5 nitrogen and oxygen atoms in total. The third kappa shape index (κ3) is 5.15. The molecule has 6 heteroatoms. The van der Waals surface area contributed by atoms with Gasteiger partial charge < -0.3 is 9.72 Å². The van der Waals surface area contributed by atoms with Crippen LogP contribution < -0.4 is 0 Å². The minimum atomic E-state index is -0.504. The Bertz CT molecular complexity index is 452. The number of aromatic nitrogens is 2. The summed E-state index contributed by atoms with van der Waals surface area (Å²) in [7, 11) is 0. The topological polar surface area (TPSA) is 58.2 Å². The Kier molecular flexibility index (Phi) is 5.62. The number of rotatable bonds is 4. The zero-order chi connectivity index (χ0) is 15.5. The highest BCUT2D eigenvalue weighted by Crippen LogP contribution is 2.23. The molecule has 0 saturated carbocycles. The van der Waals surface area contributed by atoms with Gasteiger partial charge in [-0.05, 0) is 49.5 Å². The standard InChI is InChI=1S/C14H24BrN3O2/c1-9(2)8-18(13(19)20-14(4,5)6)10(3)12-16-7-11(15)17-12/h7,9-10H,8H2,1-6H3,(H,16,17)/t10-/m0/s1. The summed E-state index contributed by atoms with van der Waals surface area (Å²) in [6.45, 7) is 12.3. The first-order valence-corrected chi connectivity index (χ1v) is 7.59. The molecule has 0 saturated heterocycles. The number of ether oxygens (including phenoxy) is 1.